The standard InChI is InChI=1S/C8H14O/c1-9-7-3-2-4-8-5-6-8/h2,4,8H,3,5-7H2,1H3. The van der Waals surface area contributed by atoms with Crippen LogP contribution in [0.4, 0.5) is 0 Å². The van der Waals surface area contributed by atoms with Crippen molar-refractivity contribution in [2.24, 2.45) is 5.92 Å². The van der Waals surface area contributed by atoms with Gasteiger partial charge in [-0.2, -0.15) is 0 Å². The molecule has 0 atom stereocenters. The van der Waals surface area contributed by atoms with Gasteiger partial charge in [0.15, 0.2) is 0 Å². The number of ether oxygens (including phenoxy) is 1. The van der Waals surface area contributed by atoms with E-state index >= 15 is 0 Å². The van der Waals surface area contributed by atoms with Crippen LogP contribution in [0.5, 0.6) is 0 Å². The van der Waals surface area contributed by atoms with Crippen LogP contribution in [0.15, 0.2) is 12.2 Å². The summed E-state index contributed by atoms with van der Waals surface area (Å²) in [4.78, 5) is 0. The van der Waals surface area contributed by atoms with Gasteiger partial charge in [0.2, 0.25) is 0 Å². The Balaban J connectivity index is 1.89. The van der Waals surface area contributed by atoms with E-state index in [-0.39, 0.29) is 0 Å². The van der Waals surface area contributed by atoms with Crippen molar-refractivity contribution in [2.45, 2.75) is 19.3 Å². The second-order valence-corrected chi connectivity index (χ2v) is 2.55. The predicted octanol–water partition coefficient (Wildman–Crippen LogP) is 1.99. The molecular formula is C8H14O. The molecule has 1 heteroatoms. The fourth-order valence-corrected chi connectivity index (χ4v) is 0.763. The zero-order chi connectivity index (χ0) is 6.53. The molecule has 9 heavy (non-hydrogen) atoms. The molecule has 1 fully saturated rings. The molecule has 0 spiro atoms. The van der Waals surface area contributed by atoms with Crippen LogP contribution in [0, 0.1) is 5.92 Å². The SMILES string of the molecule is COCCC=CC1CC1. The first-order valence-electron chi connectivity index (χ1n) is 3.59. The maximum absolute atomic E-state index is 4.89. The second kappa shape index (κ2) is 3.67. The smallest absolute Gasteiger partial charge is 0.0496 e. The highest BCUT2D eigenvalue weighted by atomic mass is 16.5. The van der Waals surface area contributed by atoms with Crippen molar-refractivity contribution in [3.05, 3.63) is 12.2 Å². The van der Waals surface area contributed by atoms with E-state index in [0.717, 1.165) is 18.9 Å². The van der Waals surface area contributed by atoms with Gasteiger partial charge in [0.1, 0.15) is 0 Å². The Labute approximate surface area is 56.7 Å². The minimum absolute atomic E-state index is 0.864. The highest BCUT2D eigenvalue weighted by Crippen LogP contribution is 2.29. The highest BCUT2D eigenvalue weighted by Gasteiger charge is 2.16. The van der Waals surface area contributed by atoms with Crippen molar-refractivity contribution in [2.75, 3.05) is 13.7 Å². The number of methoxy groups -OCH3 is 1. The predicted molar refractivity (Wildman–Crippen MR) is 38.4 cm³/mol. The molecule has 0 bridgehead atoms. The van der Waals surface area contributed by atoms with E-state index in [9.17, 15) is 0 Å². The molecule has 52 valence electrons. The lowest BCUT2D eigenvalue weighted by molar-refractivity contribution is 0.204. The van der Waals surface area contributed by atoms with Crippen LogP contribution in [0.2, 0.25) is 0 Å². The van der Waals surface area contributed by atoms with Gasteiger partial charge in [-0.15, -0.1) is 0 Å². The van der Waals surface area contributed by atoms with Gasteiger partial charge in [-0.3, -0.25) is 0 Å². The van der Waals surface area contributed by atoms with Gasteiger partial charge < -0.3 is 4.74 Å². The van der Waals surface area contributed by atoms with Crippen LogP contribution in [-0.4, -0.2) is 13.7 Å². The summed E-state index contributed by atoms with van der Waals surface area (Å²) in [5, 5.41) is 0. The molecule has 1 aliphatic carbocycles. The lowest BCUT2D eigenvalue weighted by atomic mass is 10.3. The summed E-state index contributed by atoms with van der Waals surface area (Å²) in [5.74, 6) is 0.918. The Morgan fingerprint density at radius 3 is 2.89 bits per heavy atom. The first-order chi connectivity index (χ1) is 4.43. The molecule has 0 unspecified atom stereocenters. The van der Waals surface area contributed by atoms with Crippen molar-refractivity contribution in [1.29, 1.82) is 0 Å². The van der Waals surface area contributed by atoms with Crippen LogP contribution in [0.25, 0.3) is 0 Å². The molecule has 0 aromatic carbocycles. The van der Waals surface area contributed by atoms with E-state index in [1.807, 2.05) is 0 Å². The molecule has 0 aromatic heterocycles. The molecule has 0 saturated heterocycles. The number of hydrogen-bond acceptors (Lipinski definition) is 1. The molecule has 0 heterocycles. The topological polar surface area (TPSA) is 9.23 Å². The maximum Gasteiger partial charge on any atom is 0.0496 e. The fourth-order valence-electron chi connectivity index (χ4n) is 0.763. The van der Waals surface area contributed by atoms with Gasteiger partial charge in [-0.1, -0.05) is 12.2 Å². The summed E-state index contributed by atoms with van der Waals surface area (Å²) >= 11 is 0. The highest BCUT2D eigenvalue weighted by molar-refractivity contribution is 4.95. The lowest BCUT2D eigenvalue weighted by Crippen LogP contribution is -1.83. The summed E-state index contributed by atoms with van der Waals surface area (Å²) < 4.78 is 4.89. The van der Waals surface area contributed by atoms with E-state index in [1.54, 1.807) is 7.11 Å². The van der Waals surface area contributed by atoms with Crippen LogP contribution in [-0.2, 0) is 4.74 Å². The Hall–Kier alpha value is -0.300. The van der Waals surface area contributed by atoms with Crippen molar-refractivity contribution in [1.82, 2.24) is 0 Å². The fraction of sp³-hybridized carbons (Fsp3) is 0.750. The first-order valence-corrected chi connectivity index (χ1v) is 3.59. The van der Waals surface area contributed by atoms with Crippen molar-refractivity contribution in [3.8, 4) is 0 Å². The third kappa shape index (κ3) is 3.31. The maximum atomic E-state index is 4.89. The van der Waals surface area contributed by atoms with E-state index in [0.29, 0.717) is 0 Å². The zero-order valence-electron chi connectivity index (χ0n) is 5.97. The molecule has 1 saturated carbocycles. The summed E-state index contributed by atoms with van der Waals surface area (Å²) in [6.45, 7) is 0.864. The van der Waals surface area contributed by atoms with Crippen LogP contribution < -0.4 is 0 Å². The Bertz CT molecular complexity index is 92.7. The average Bonchev–Trinajstić information content (AvgIpc) is 2.63. The minimum atomic E-state index is 0.864. The van der Waals surface area contributed by atoms with E-state index in [1.165, 1.54) is 12.8 Å². The molecule has 0 aliphatic heterocycles. The van der Waals surface area contributed by atoms with Crippen LogP contribution >= 0.6 is 0 Å². The normalized spacial score (nSPS) is 19.2. The second-order valence-electron chi connectivity index (χ2n) is 2.55. The Kier molecular flexibility index (Phi) is 2.78. The molecule has 1 nitrogen and oxygen atoms in total. The molecule has 0 aromatic rings. The summed E-state index contributed by atoms with van der Waals surface area (Å²) in [7, 11) is 1.74. The first kappa shape index (κ1) is 6.81. The van der Waals surface area contributed by atoms with E-state index in [2.05, 4.69) is 12.2 Å². The molecule has 1 aliphatic rings. The summed E-state index contributed by atoms with van der Waals surface area (Å²) in [6.07, 6.45) is 8.42. The van der Waals surface area contributed by atoms with Gasteiger partial charge in [-0.25, -0.2) is 0 Å². The van der Waals surface area contributed by atoms with Crippen LogP contribution in [0.1, 0.15) is 19.3 Å². The quantitative estimate of drug-likeness (QED) is 0.413. The van der Waals surface area contributed by atoms with Gasteiger partial charge in [0, 0.05) is 13.7 Å². The van der Waals surface area contributed by atoms with Gasteiger partial charge in [0.25, 0.3) is 0 Å². The summed E-state index contributed by atoms with van der Waals surface area (Å²) in [5.41, 5.74) is 0. The molecule has 1 rings (SSSR count). The average molecular weight is 126 g/mol. The van der Waals surface area contributed by atoms with Crippen LogP contribution in [0.3, 0.4) is 0 Å². The third-order valence-electron chi connectivity index (χ3n) is 1.52. The largest absolute Gasteiger partial charge is 0.384 e. The van der Waals surface area contributed by atoms with Gasteiger partial charge >= 0.3 is 0 Å². The Morgan fingerprint density at radius 1 is 1.56 bits per heavy atom. The summed E-state index contributed by atoms with van der Waals surface area (Å²) in [6, 6.07) is 0. The Morgan fingerprint density at radius 2 is 2.33 bits per heavy atom. The molecular weight excluding hydrogens is 112 g/mol. The zero-order valence-corrected chi connectivity index (χ0v) is 5.97. The van der Waals surface area contributed by atoms with Crippen molar-refractivity contribution >= 4 is 0 Å². The molecule has 0 amide bonds. The van der Waals surface area contributed by atoms with Gasteiger partial charge in [-0.05, 0) is 25.2 Å². The van der Waals surface area contributed by atoms with Crippen molar-refractivity contribution < 1.29 is 4.74 Å². The van der Waals surface area contributed by atoms with E-state index < -0.39 is 0 Å². The number of hydrogen-bond donors (Lipinski definition) is 0. The third-order valence-corrected chi connectivity index (χ3v) is 1.52. The number of allylic oxidation sites excluding steroid dienone is 1. The van der Waals surface area contributed by atoms with Gasteiger partial charge in [0.05, 0.1) is 0 Å². The van der Waals surface area contributed by atoms with Crippen molar-refractivity contribution in [3.63, 3.8) is 0 Å². The molecule has 0 radical (unpaired) electrons. The van der Waals surface area contributed by atoms with E-state index in [4.69, 9.17) is 4.74 Å². The minimum Gasteiger partial charge on any atom is -0.384 e. The monoisotopic (exact) mass is 126 g/mol. The lowest BCUT2D eigenvalue weighted by Gasteiger charge is -1.89. The number of rotatable bonds is 4. The molecule has 0 N–H and O–H groups in total.